The number of hydrogen-bond donors (Lipinski definition) is 1. The zero-order valence-corrected chi connectivity index (χ0v) is 22.2. The summed E-state index contributed by atoms with van der Waals surface area (Å²) in [5, 5.41) is 3.87. The Bertz CT molecular complexity index is 1130. The van der Waals surface area contributed by atoms with Crippen LogP contribution in [0.25, 0.3) is 0 Å². The number of unbranched alkanes of at least 4 members (excludes halogenated alkanes) is 1. The Morgan fingerprint density at radius 3 is 2.28 bits per heavy atom. The minimum atomic E-state index is -0.718. The molecule has 190 valence electrons. The Labute approximate surface area is 223 Å². The first kappa shape index (κ1) is 27.6. The number of rotatable bonds is 12. The van der Waals surface area contributed by atoms with Gasteiger partial charge in [-0.25, -0.2) is 0 Å². The van der Waals surface area contributed by atoms with E-state index in [0.717, 1.165) is 24.0 Å². The van der Waals surface area contributed by atoms with Gasteiger partial charge in [-0.2, -0.15) is 0 Å². The predicted octanol–water partition coefficient (Wildman–Crippen LogP) is 6.10. The number of ether oxygens (including phenoxy) is 1. The van der Waals surface area contributed by atoms with Crippen LogP contribution in [0.5, 0.6) is 5.75 Å². The van der Waals surface area contributed by atoms with Crippen LogP contribution in [-0.2, 0) is 29.0 Å². The van der Waals surface area contributed by atoms with Crippen LogP contribution in [0, 0.1) is 0 Å². The van der Waals surface area contributed by atoms with Crippen molar-refractivity contribution in [2.45, 2.75) is 45.2 Å². The Morgan fingerprint density at radius 1 is 0.944 bits per heavy atom. The fourth-order valence-corrected chi connectivity index (χ4v) is 4.51. The van der Waals surface area contributed by atoms with Gasteiger partial charge < -0.3 is 15.0 Å². The number of halogens is 2. The first-order chi connectivity index (χ1) is 17.4. The third kappa shape index (κ3) is 7.74. The highest BCUT2D eigenvalue weighted by atomic mass is 35.5. The largest absolute Gasteiger partial charge is 0.497 e. The Morgan fingerprint density at radius 2 is 1.61 bits per heavy atom. The normalized spacial score (nSPS) is 11.6. The van der Waals surface area contributed by atoms with Crippen molar-refractivity contribution in [2.24, 2.45) is 0 Å². The molecule has 1 atom stereocenters. The lowest BCUT2D eigenvalue weighted by atomic mass is 10.0. The van der Waals surface area contributed by atoms with Gasteiger partial charge in [-0.1, -0.05) is 85.1 Å². The number of carbonyl (C=O) groups excluding carboxylic acids is 2. The highest BCUT2D eigenvalue weighted by Gasteiger charge is 2.31. The van der Waals surface area contributed by atoms with Gasteiger partial charge in [0, 0.05) is 29.6 Å². The summed E-state index contributed by atoms with van der Waals surface area (Å²) in [6.45, 7) is 2.86. The van der Waals surface area contributed by atoms with Gasteiger partial charge in [0.1, 0.15) is 11.8 Å². The molecule has 3 rings (SSSR count). The fraction of sp³-hybridized carbons (Fsp3) is 0.310. The van der Waals surface area contributed by atoms with Gasteiger partial charge in [-0.05, 0) is 47.4 Å². The minimum absolute atomic E-state index is 0.0179. The molecular formula is C29H32Cl2N2O3. The molecule has 0 saturated heterocycles. The molecular weight excluding hydrogens is 495 g/mol. The molecule has 0 saturated carbocycles. The molecule has 0 aliphatic heterocycles. The lowest BCUT2D eigenvalue weighted by Gasteiger charge is -2.32. The molecule has 2 amide bonds. The van der Waals surface area contributed by atoms with Crippen molar-refractivity contribution in [1.29, 1.82) is 0 Å². The van der Waals surface area contributed by atoms with E-state index in [1.807, 2.05) is 54.6 Å². The molecule has 5 nitrogen and oxygen atoms in total. The van der Waals surface area contributed by atoms with E-state index in [1.165, 1.54) is 0 Å². The second-order valence-electron chi connectivity index (χ2n) is 8.60. The highest BCUT2D eigenvalue weighted by molar-refractivity contribution is 6.36. The van der Waals surface area contributed by atoms with E-state index < -0.39 is 6.04 Å². The van der Waals surface area contributed by atoms with Crippen LogP contribution in [0.3, 0.4) is 0 Å². The molecule has 36 heavy (non-hydrogen) atoms. The molecule has 1 unspecified atom stereocenters. The summed E-state index contributed by atoms with van der Waals surface area (Å²) >= 11 is 12.8. The van der Waals surface area contributed by atoms with Gasteiger partial charge in [0.05, 0.1) is 13.5 Å². The zero-order chi connectivity index (χ0) is 25.9. The molecule has 0 radical (unpaired) electrons. The van der Waals surface area contributed by atoms with Gasteiger partial charge in [0.15, 0.2) is 0 Å². The quantitative estimate of drug-likeness (QED) is 0.290. The standard InChI is InChI=1S/C29H32Cl2N2O3/c1-3-4-16-32-29(35)27(18-21-10-6-5-7-11-21)33(20-22-12-8-13-23(17-22)36-2)28(34)19-24-25(30)14-9-15-26(24)31/h5-15,17,27H,3-4,16,18-20H2,1-2H3,(H,32,35). The first-order valence-electron chi connectivity index (χ1n) is 12.1. The minimum Gasteiger partial charge on any atom is -0.497 e. The number of carbonyl (C=O) groups is 2. The maximum absolute atomic E-state index is 13.8. The van der Waals surface area contributed by atoms with E-state index in [4.69, 9.17) is 27.9 Å². The maximum atomic E-state index is 13.8. The summed E-state index contributed by atoms with van der Waals surface area (Å²) < 4.78 is 5.38. The zero-order valence-electron chi connectivity index (χ0n) is 20.7. The van der Waals surface area contributed by atoms with Crippen molar-refractivity contribution >= 4 is 35.0 Å². The summed E-state index contributed by atoms with van der Waals surface area (Å²) in [6.07, 6.45) is 2.19. The Balaban J connectivity index is 1.99. The van der Waals surface area contributed by atoms with Gasteiger partial charge in [-0.15, -0.1) is 0 Å². The molecule has 0 aliphatic carbocycles. The monoisotopic (exact) mass is 526 g/mol. The fourth-order valence-electron chi connectivity index (χ4n) is 3.98. The summed E-state index contributed by atoms with van der Waals surface area (Å²) in [7, 11) is 1.60. The van der Waals surface area contributed by atoms with Gasteiger partial charge >= 0.3 is 0 Å². The van der Waals surface area contributed by atoms with Crippen LogP contribution in [0.15, 0.2) is 72.8 Å². The second-order valence-corrected chi connectivity index (χ2v) is 9.41. The maximum Gasteiger partial charge on any atom is 0.243 e. The third-order valence-electron chi connectivity index (χ3n) is 5.98. The van der Waals surface area contributed by atoms with Crippen molar-refractivity contribution < 1.29 is 14.3 Å². The van der Waals surface area contributed by atoms with Crippen LogP contribution in [0.1, 0.15) is 36.5 Å². The summed E-state index contributed by atoms with van der Waals surface area (Å²) in [5.41, 5.74) is 2.37. The van der Waals surface area contributed by atoms with Crippen molar-refractivity contribution in [3.8, 4) is 5.75 Å². The molecule has 0 aliphatic rings. The van der Waals surface area contributed by atoms with E-state index in [2.05, 4.69) is 12.2 Å². The number of nitrogens with one attached hydrogen (secondary N) is 1. The number of amides is 2. The Kier molecular flexibility index (Phi) is 10.6. The number of methoxy groups -OCH3 is 1. The van der Waals surface area contributed by atoms with Crippen molar-refractivity contribution in [3.05, 3.63) is 99.5 Å². The summed E-state index contributed by atoms with van der Waals surface area (Å²) in [4.78, 5) is 29.0. The van der Waals surface area contributed by atoms with Crippen molar-refractivity contribution in [1.82, 2.24) is 10.2 Å². The second kappa shape index (κ2) is 13.9. The van der Waals surface area contributed by atoms with E-state index in [0.29, 0.717) is 34.3 Å². The number of nitrogens with zero attached hydrogens (tertiary/aromatic N) is 1. The van der Waals surface area contributed by atoms with E-state index in [1.54, 1.807) is 30.2 Å². The SMILES string of the molecule is CCCCNC(=O)C(Cc1ccccc1)N(Cc1cccc(OC)c1)C(=O)Cc1c(Cl)cccc1Cl. The third-order valence-corrected chi connectivity index (χ3v) is 6.69. The highest BCUT2D eigenvalue weighted by Crippen LogP contribution is 2.26. The van der Waals surface area contributed by atoms with E-state index >= 15 is 0 Å². The molecule has 3 aromatic carbocycles. The lowest BCUT2D eigenvalue weighted by molar-refractivity contribution is -0.140. The lowest BCUT2D eigenvalue weighted by Crippen LogP contribution is -2.51. The molecule has 7 heteroatoms. The van der Waals surface area contributed by atoms with Crippen LogP contribution in [-0.4, -0.2) is 36.4 Å². The average molecular weight is 527 g/mol. The molecule has 0 spiro atoms. The van der Waals surface area contributed by atoms with Crippen LogP contribution in [0.4, 0.5) is 0 Å². The van der Waals surface area contributed by atoms with Crippen molar-refractivity contribution in [3.63, 3.8) is 0 Å². The van der Waals surface area contributed by atoms with E-state index in [-0.39, 0.29) is 24.8 Å². The Hall–Kier alpha value is -3.02. The summed E-state index contributed by atoms with van der Waals surface area (Å²) in [6, 6.07) is 21.7. The van der Waals surface area contributed by atoms with Crippen molar-refractivity contribution in [2.75, 3.05) is 13.7 Å². The molecule has 0 bridgehead atoms. The predicted molar refractivity (Wildman–Crippen MR) is 146 cm³/mol. The topological polar surface area (TPSA) is 58.6 Å². The number of hydrogen-bond acceptors (Lipinski definition) is 3. The molecule has 3 aromatic rings. The van der Waals surface area contributed by atoms with Gasteiger partial charge in [0.25, 0.3) is 0 Å². The molecule has 0 aromatic heterocycles. The van der Waals surface area contributed by atoms with Crippen LogP contribution >= 0.6 is 23.2 Å². The van der Waals surface area contributed by atoms with Crippen LogP contribution < -0.4 is 10.1 Å². The molecule has 0 fully saturated rings. The molecule has 0 heterocycles. The van der Waals surface area contributed by atoms with Gasteiger partial charge in [0.2, 0.25) is 11.8 Å². The smallest absolute Gasteiger partial charge is 0.243 e. The first-order valence-corrected chi connectivity index (χ1v) is 12.9. The summed E-state index contributed by atoms with van der Waals surface area (Å²) in [5.74, 6) is 0.259. The van der Waals surface area contributed by atoms with E-state index in [9.17, 15) is 9.59 Å². The van der Waals surface area contributed by atoms with Crippen LogP contribution in [0.2, 0.25) is 10.0 Å². The molecule has 1 N–H and O–H groups in total. The van der Waals surface area contributed by atoms with Gasteiger partial charge in [-0.3, -0.25) is 9.59 Å². The average Bonchev–Trinajstić information content (AvgIpc) is 2.89. The number of benzene rings is 3.